The van der Waals surface area contributed by atoms with Crippen molar-refractivity contribution in [2.24, 2.45) is 0 Å². The Morgan fingerprint density at radius 3 is 3.04 bits per heavy atom. The third kappa shape index (κ3) is 2.43. The summed E-state index contributed by atoms with van der Waals surface area (Å²) in [5.74, 6) is 1.20. The van der Waals surface area contributed by atoms with Crippen molar-refractivity contribution in [1.29, 1.82) is 0 Å². The van der Waals surface area contributed by atoms with Gasteiger partial charge in [0.15, 0.2) is 5.82 Å². The van der Waals surface area contributed by atoms with Crippen LogP contribution in [0.15, 0.2) is 30.5 Å². The maximum absolute atomic E-state index is 13.4. The van der Waals surface area contributed by atoms with Crippen LogP contribution in [0.2, 0.25) is 0 Å². The zero-order chi connectivity index (χ0) is 15.8. The topological polar surface area (TPSA) is 61.5 Å². The van der Waals surface area contributed by atoms with Gasteiger partial charge in [-0.3, -0.25) is 0 Å². The molecule has 1 aliphatic heterocycles. The normalized spacial score (nSPS) is 17.7. The molecule has 0 amide bonds. The number of methoxy groups -OCH3 is 1. The van der Waals surface area contributed by atoms with Crippen molar-refractivity contribution in [3.8, 4) is 17.0 Å². The fourth-order valence-electron chi connectivity index (χ4n) is 2.81. The van der Waals surface area contributed by atoms with Crippen LogP contribution in [0.4, 0.5) is 4.39 Å². The number of fused-ring (bicyclic) bond motifs is 1. The van der Waals surface area contributed by atoms with Crippen LogP contribution in [0.25, 0.3) is 17.0 Å². The van der Waals surface area contributed by atoms with E-state index >= 15 is 0 Å². The van der Waals surface area contributed by atoms with Gasteiger partial charge in [-0.25, -0.2) is 9.37 Å². The fourth-order valence-corrected chi connectivity index (χ4v) is 2.81. The van der Waals surface area contributed by atoms with Gasteiger partial charge in [-0.1, -0.05) is 0 Å². The lowest BCUT2D eigenvalue weighted by Gasteiger charge is -2.09. The molecule has 4 rings (SSSR count). The Morgan fingerprint density at radius 1 is 1.35 bits per heavy atom. The molecule has 6 nitrogen and oxygen atoms in total. The lowest BCUT2D eigenvalue weighted by molar-refractivity contribution is 0.105. The highest BCUT2D eigenvalue weighted by atomic mass is 19.1. The molecule has 1 aromatic carbocycles. The highest BCUT2D eigenvalue weighted by Crippen LogP contribution is 2.31. The molecule has 0 radical (unpaired) electrons. The Bertz CT molecular complexity index is 858. The van der Waals surface area contributed by atoms with Gasteiger partial charge in [0.25, 0.3) is 5.78 Å². The van der Waals surface area contributed by atoms with E-state index < -0.39 is 0 Å². The van der Waals surface area contributed by atoms with Gasteiger partial charge in [0.05, 0.1) is 12.8 Å². The fraction of sp³-hybridized carbons (Fsp3) is 0.312. The quantitative estimate of drug-likeness (QED) is 0.744. The number of nitrogens with zero attached hydrogens (tertiary/aromatic N) is 4. The van der Waals surface area contributed by atoms with Gasteiger partial charge in [0.1, 0.15) is 17.7 Å². The molecule has 0 bridgehead atoms. The average Bonchev–Trinajstić information content (AvgIpc) is 3.23. The van der Waals surface area contributed by atoms with Crippen LogP contribution >= 0.6 is 0 Å². The van der Waals surface area contributed by atoms with Gasteiger partial charge in [0.2, 0.25) is 0 Å². The Balaban J connectivity index is 1.87. The van der Waals surface area contributed by atoms with Gasteiger partial charge in [0, 0.05) is 24.4 Å². The molecule has 1 unspecified atom stereocenters. The molecule has 7 heteroatoms. The first-order valence-electron chi connectivity index (χ1n) is 7.43. The second kappa shape index (κ2) is 5.58. The van der Waals surface area contributed by atoms with Crippen LogP contribution in [0, 0.1) is 5.82 Å². The number of ether oxygens (including phenoxy) is 2. The van der Waals surface area contributed by atoms with Crippen molar-refractivity contribution in [2.75, 3.05) is 13.7 Å². The molecule has 1 saturated heterocycles. The summed E-state index contributed by atoms with van der Waals surface area (Å²) in [5, 5.41) is 4.54. The number of aromatic nitrogens is 4. The van der Waals surface area contributed by atoms with E-state index in [-0.39, 0.29) is 11.9 Å². The molecule has 3 heterocycles. The second-order valence-electron chi connectivity index (χ2n) is 5.36. The van der Waals surface area contributed by atoms with Crippen LogP contribution in [0.1, 0.15) is 24.8 Å². The van der Waals surface area contributed by atoms with Crippen molar-refractivity contribution >= 4 is 5.78 Å². The molecule has 0 N–H and O–H groups in total. The molecule has 1 atom stereocenters. The minimum atomic E-state index is -0.352. The van der Waals surface area contributed by atoms with E-state index in [4.69, 9.17) is 9.47 Å². The standard InChI is InChI=1S/C16H15FN4O2/c1-22-14-9-10(17)4-5-11(14)12-6-7-18-16-19-15(20-21(12)16)13-3-2-8-23-13/h4-7,9,13H,2-3,8H2,1H3. The number of halogens is 1. The molecule has 0 aliphatic carbocycles. The van der Waals surface area contributed by atoms with E-state index in [0.29, 0.717) is 17.4 Å². The van der Waals surface area contributed by atoms with Crippen LogP contribution in [-0.2, 0) is 4.74 Å². The van der Waals surface area contributed by atoms with Crippen LogP contribution in [0.5, 0.6) is 5.75 Å². The smallest absolute Gasteiger partial charge is 0.253 e. The zero-order valence-electron chi connectivity index (χ0n) is 12.6. The van der Waals surface area contributed by atoms with E-state index in [9.17, 15) is 4.39 Å². The van der Waals surface area contributed by atoms with Crippen molar-refractivity contribution in [3.05, 3.63) is 42.1 Å². The number of hydrogen-bond donors (Lipinski definition) is 0. The third-order valence-corrected chi connectivity index (χ3v) is 3.91. The summed E-state index contributed by atoms with van der Waals surface area (Å²) in [6, 6.07) is 6.20. The summed E-state index contributed by atoms with van der Waals surface area (Å²) in [6.07, 6.45) is 3.49. The molecule has 118 valence electrons. The lowest BCUT2D eigenvalue weighted by Crippen LogP contribution is -2.00. The van der Waals surface area contributed by atoms with Crippen molar-refractivity contribution in [1.82, 2.24) is 19.6 Å². The van der Waals surface area contributed by atoms with E-state index in [0.717, 1.165) is 30.7 Å². The summed E-state index contributed by atoms with van der Waals surface area (Å²) in [5.41, 5.74) is 1.47. The molecular formula is C16H15FN4O2. The van der Waals surface area contributed by atoms with Gasteiger partial charge in [-0.05, 0) is 31.0 Å². The average molecular weight is 314 g/mol. The minimum absolute atomic E-state index is 0.0836. The predicted molar refractivity (Wildman–Crippen MR) is 80.7 cm³/mol. The lowest BCUT2D eigenvalue weighted by atomic mass is 10.1. The SMILES string of the molecule is COc1cc(F)ccc1-c1ccnc2nc(C3CCCO3)nn12. The Morgan fingerprint density at radius 2 is 2.26 bits per heavy atom. The van der Waals surface area contributed by atoms with Gasteiger partial charge in [-0.15, -0.1) is 5.10 Å². The molecule has 3 aromatic rings. The molecule has 0 saturated carbocycles. The molecule has 1 fully saturated rings. The Labute approximate surface area is 131 Å². The summed E-state index contributed by atoms with van der Waals surface area (Å²) in [7, 11) is 1.51. The van der Waals surface area contributed by atoms with Gasteiger partial charge < -0.3 is 9.47 Å². The molecular weight excluding hydrogens is 299 g/mol. The van der Waals surface area contributed by atoms with Gasteiger partial charge >= 0.3 is 0 Å². The largest absolute Gasteiger partial charge is 0.496 e. The first kappa shape index (κ1) is 14.1. The number of hydrogen-bond acceptors (Lipinski definition) is 5. The van der Waals surface area contributed by atoms with Crippen molar-refractivity contribution in [3.63, 3.8) is 0 Å². The first-order chi connectivity index (χ1) is 11.3. The van der Waals surface area contributed by atoms with Crippen molar-refractivity contribution < 1.29 is 13.9 Å². The predicted octanol–water partition coefficient (Wildman–Crippen LogP) is 2.79. The highest BCUT2D eigenvalue weighted by molar-refractivity contribution is 5.68. The summed E-state index contributed by atoms with van der Waals surface area (Å²) in [4.78, 5) is 8.71. The third-order valence-electron chi connectivity index (χ3n) is 3.91. The van der Waals surface area contributed by atoms with Crippen molar-refractivity contribution in [2.45, 2.75) is 18.9 Å². The van der Waals surface area contributed by atoms with Crippen LogP contribution in [0.3, 0.4) is 0 Å². The van der Waals surface area contributed by atoms with E-state index in [1.807, 2.05) is 0 Å². The summed E-state index contributed by atoms with van der Waals surface area (Å²) >= 11 is 0. The molecule has 2 aromatic heterocycles. The summed E-state index contributed by atoms with van der Waals surface area (Å²) < 4.78 is 26.0. The van der Waals surface area contributed by atoms with Crippen LogP contribution in [-0.4, -0.2) is 33.3 Å². The number of rotatable bonds is 3. The van der Waals surface area contributed by atoms with E-state index in [1.54, 1.807) is 22.8 Å². The minimum Gasteiger partial charge on any atom is -0.496 e. The van der Waals surface area contributed by atoms with Gasteiger partial charge in [-0.2, -0.15) is 9.50 Å². The Kier molecular flexibility index (Phi) is 3.42. The van der Waals surface area contributed by atoms with Crippen LogP contribution < -0.4 is 4.74 Å². The maximum atomic E-state index is 13.4. The highest BCUT2D eigenvalue weighted by Gasteiger charge is 2.23. The zero-order valence-corrected chi connectivity index (χ0v) is 12.6. The van der Waals surface area contributed by atoms with E-state index in [1.165, 1.54) is 19.2 Å². The molecule has 23 heavy (non-hydrogen) atoms. The summed E-state index contributed by atoms with van der Waals surface area (Å²) in [6.45, 7) is 0.728. The maximum Gasteiger partial charge on any atom is 0.253 e. The second-order valence-corrected chi connectivity index (χ2v) is 5.36. The molecule has 0 spiro atoms. The monoisotopic (exact) mass is 314 g/mol. The number of benzene rings is 1. The van der Waals surface area contributed by atoms with E-state index in [2.05, 4.69) is 15.1 Å². The first-order valence-corrected chi connectivity index (χ1v) is 7.43. The molecule has 1 aliphatic rings. The Hall–Kier alpha value is -2.54.